The molecule has 0 aliphatic carbocycles. The maximum absolute atomic E-state index is 14.0. The lowest BCUT2D eigenvalue weighted by atomic mass is 9.85. The molecule has 0 radical (unpaired) electrons. The van der Waals surface area contributed by atoms with Crippen LogP contribution in [-0.2, 0) is 21.5 Å². The van der Waals surface area contributed by atoms with E-state index in [-0.39, 0.29) is 18.6 Å². The van der Waals surface area contributed by atoms with E-state index in [1.807, 2.05) is 36.4 Å². The van der Waals surface area contributed by atoms with E-state index in [0.717, 1.165) is 5.56 Å². The van der Waals surface area contributed by atoms with Crippen molar-refractivity contribution in [1.82, 2.24) is 14.7 Å². The second-order valence-electron chi connectivity index (χ2n) is 9.45. The zero-order chi connectivity index (χ0) is 24.5. The number of amides is 1. The van der Waals surface area contributed by atoms with Gasteiger partial charge in [-0.25, -0.2) is 4.79 Å². The Morgan fingerprint density at radius 2 is 1.91 bits per heavy atom. The standard InChI is InChI=1S/C26H29N3O5/c1-25(2,3)20-12-11-19(15-21(20)33-4)22(30)29-23(18-9-6-5-7-10-18)34-17-26(29,24(31)32)16-28-14-8-13-27-28/h5-15,23H,16-17H2,1-4H3,(H,31,32). The molecule has 0 saturated carbocycles. The molecule has 1 aliphatic heterocycles. The number of nitrogens with zero attached hydrogens (tertiary/aromatic N) is 3. The average Bonchev–Trinajstić information content (AvgIpc) is 3.47. The van der Waals surface area contributed by atoms with E-state index in [1.54, 1.807) is 37.7 Å². The number of rotatable bonds is 6. The predicted octanol–water partition coefficient (Wildman–Crippen LogP) is 3.88. The van der Waals surface area contributed by atoms with Gasteiger partial charge in [0.05, 0.1) is 20.3 Å². The van der Waals surface area contributed by atoms with Crippen LogP contribution in [0, 0.1) is 0 Å². The molecule has 0 bridgehead atoms. The lowest BCUT2D eigenvalue weighted by Gasteiger charge is -2.36. The van der Waals surface area contributed by atoms with Crippen LogP contribution < -0.4 is 4.74 Å². The lowest BCUT2D eigenvalue weighted by molar-refractivity contribution is -0.149. The van der Waals surface area contributed by atoms with Crippen LogP contribution in [0.2, 0.25) is 0 Å². The normalized spacial score (nSPS) is 20.4. The fourth-order valence-electron chi connectivity index (χ4n) is 4.35. The third kappa shape index (κ3) is 4.17. The summed E-state index contributed by atoms with van der Waals surface area (Å²) in [4.78, 5) is 28.1. The first-order valence-electron chi connectivity index (χ1n) is 11.1. The molecule has 2 heterocycles. The van der Waals surface area contributed by atoms with Crippen molar-refractivity contribution in [3.05, 3.63) is 83.7 Å². The number of aliphatic carboxylic acids is 1. The maximum atomic E-state index is 14.0. The van der Waals surface area contributed by atoms with E-state index in [1.165, 1.54) is 9.58 Å². The molecular formula is C26H29N3O5. The number of aromatic nitrogens is 2. The van der Waals surface area contributed by atoms with E-state index in [2.05, 4.69) is 25.9 Å². The summed E-state index contributed by atoms with van der Waals surface area (Å²) < 4.78 is 13.1. The van der Waals surface area contributed by atoms with Crippen molar-refractivity contribution < 1.29 is 24.2 Å². The largest absolute Gasteiger partial charge is 0.496 e. The van der Waals surface area contributed by atoms with Gasteiger partial charge in [0.2, 0.25) is 0 Å². The van der Waals surface area contributed by atoms with Gasteiger partial charge in [-0.15, -0.1) is 0 Å². The van der Waals surface area contributed by atoms with Gasteiger partial charge in [-0.1, -0.05) is 57.2 Å². The molecule has 2 atom stereocenters. The van der Waals surface area contributed by atoms with Crippen LogP contribution in [0.4, 0.5) is 0 Å². The number of benzene rings is 2. The van der Waals surface area contributed by atoms with Crippen molar-refractivity contribution in [2.45, 2.75) is 44.5 Å². The Kier molecular flexibility index (Phi) is 6.18. The number of hydrogen-bond acceptors (Lipinski definition) is 5. The Labute approximate surface area is 198 Å². The van der Waals surface area contributed by atoms with Gasteiger partial charge in [0.25, 0.3) is 5.91 Å². The van der Waals surface area contributed by atoms with Crippen molar-refractivity contribution in [1.29, 1.82) is 0 Å². The zero-order valence-corrected chi connectivity index (χ0v) is 19.8. The summed E-state index contributed by atoms with van der Waals surface area (Å²) >= 11 is 0. The molecule has 4 rings (SSSR count). The topological polar surface area (TPSA) is 93.9 Å². The van der Waals surface area contributed by atoms with Crippen molar-refractivity contribution in [2.75, 3.05) is 13.7 Å². The summed E-state index contributed by atoms with van der Waals surface area (Å²) in [5, 5.41) is 14.6. The molecule has 1 saturated heterocycles. The van der Waals surface area contributed by atoms with Crippen molar-refractivity contribution in [3.63, 3.8) is 0 Å². The van der Waals surface area contributed by atoms with E-state index in [9.17, 15) is 14.7 Å². The Morgan fingerprint density at radius 3 is 2.50 bits per heavy atom. The minimum atomic E-state index is -1.65. The van der Waals surface area contributed by atoms with Crippen LogP contribution in [0.15, 0.2) is 67.0 Å². The third-order valence-electron chi connectivity index (χ3n) is 6.12. The van der Waals surface area contributed by atoms with Gasteiger partial charge in [0, 0.05) is 23.5 Å². The monoisotopic (exact) mass is 463 g/mol. The second-order valence-corrected chi connectivity index (χ2v) is 9.45. The molecule has 1 N–H and O–H groups in total. The lowest BCUT2D eigenvalue weighted by Crippen LogP contribution is -2.58. The third-order valence-corrected chi connectivity index (χ3v) is 6.12. The Balaban J connectivity index is 1.83. The first-order valence-corrected chi connectivity index (χ1v) is 11.1. The molecule has 1 aliphatic rings. The van der Waals surface area contributed by atoms with Crippen LogP contribution in [0.1, 0.15) is 48.5 Å². The fraction of sp³-hybridized carbons (Fsp3) is 0.346. The van der Waals surface area contributed by atoms with Crippen LogP contribution in [0.25, 0.3) is 0 Å². The van der Waals surface area contributed by atoms with Crippen molar-refractivity contribution >= 4 is 11.9 Å². The van der Waals surface area contributed by atoms with Gasteiger partial charge >= 0.3 is 5.97 Å². The van der Waals surface area contributed by atoms with E-state index < -0.39 is 23.6 Å². The number of carbonyl (C=O) groups is 2. The van der Waals surface area contributed by atoms with E-state index in [4.69, 9.17) is 9.47 Å². The highest BCUT2D eigenvalue weighted by molar-refractivity contribution is 5.99. The van der Waals surface area contributed by atoms with Gasteiger partial charge in [-0.2, -0.15) is 5.10 Å². The molecule has 8 heteroatoms. The summed E-state index contributed by atoms with van der Waals surface area (Å²) in [5.41, 5.74) is 0.116. The highest BCUT2D eigenvalue weighted by Gasteiger charge is 2.56. The minimum Gasteiger partial charge on any atom is -0.496 e. The highest BCUT2D eigenvalue weighted by Crippen LogP contribution is 2.41. The summed E-state index contributed by atoms with van der Waals surface area (Å²) in [6.45, 7) is 5.95. The summed E-state index contributed by atoms with van der Waals surface area (Å²) in [6, 6.07) is 16.1. The number of carboxylic acid groups (broad SMARTS) is 1. The number of carboxylic acids is 1. The van der Waals surface area contributed by atoms with E-state index >= 15 is 0 Å². The number of ether oxygens (including phenoxy) is 2. The first-order chi connectivity index (χ1) is 16.2. The van der Waals surface area contributed by atoms with Crippen molar-refractivity contribution in [3.8, 4) is 5.75 Å². The van der Waals surface area contributed by atoms with Gasteiger partial charge < -0.3 is 14.6 Å². The Morgan fingerprint density at radius 1 is 1.18 bits per heavy atom. The van der Waals surface area contributed by atoms with Crippen LogP contribution in [0.3, 0.4) is 0 Å². The highest BCUT2D eigenvalue weighted by atomic mass is 16.5. The number of carbonyl (C=O) groups excluding carboxylic acids is 1. The quantitative estimate of drug-likeness (QED) is 0.596. The molecule has 178 valence electrons. The van der Waals surface area contributed by atoms with Gasteiger partial charge in [0.1, 0.15) is 5.75 Å². The maximum Gasteiger partial charge on any atom is 0.334 e. The van der Waals surface area contributed by atoms with Gasteiger partial charge in [-0.3, -0.25) is 14.4 Å². The molecule has 34 heavy (non-hydrogen) atoms. The molecule has 3 aromatic rings. The predicted molar refractivity (Wildman–Crippen MR) is 126 cm³/mol. The minimum absolute atomic E-state index is 0.0540. The Bertz CT molecular complexity index is 1170. The second kappa shape index (κ2) is 8.95. The number of hydrogen-bond donors (Lipinski definition) is 1. The number of methoxy groups -OCH3 is 1. The molecule has 2 unspecified atom stereocenters. The summed E-state index contributed by atoms with van der Waals surface area (Å²) in [6.07, 6.45) is 2.38. The molecular weight excluding hydrogens is 434 g/mol. The van der Waals surface area contributed by atoms with Crippen LogP contribution in [-0.4, -0.2) is 50.9 Å². The first kappa shape index (κ1) is 23.5. The van der Waals surface area contributed by atoms with Crippen LogP contribution >= 0.6 is 0 Å². The molecule has 0 spiro atoms. The van der Waals surface area contributed by atoms with Gasteiger partial charge in [0.15, 0.2) is 11.8 Å². The molecule has 1 fully saturated rings. The summed E-state index contributed by atoms with van der Waals surface area (Å²) in [7, 11) is 1.56. The Hall–Kier alpha value is -3.65. The molecule has 8 nitrogen and oxygen atoms in total. The van der Waals surface area contributed by atoms with E-state index in [0.29, 0.717) is 16.9 Å². The zero-order valence-electron chi connectivity index (χ0n) is 19.8. The molecule has 1 amide bonds. The molecule has 2 aromatic carbocycles. The summed E-state index contributed by atoms with van der Waals surface area (Å²) in [5.74, 6) is -1.05. The van der Waals surface area contributed by atoms with Crippen LogP contribution in [0.5, 0.6) is 5.75 Å². The van der Waals surface area contributed by atoms with Gasteiger partial charge in [-0.05, 0) is 29.2 Å². The van der Waals surface area contributed by atoms with Crippen molar-refractivity contribution in [2.24, 2.45) is 0 Å². The smallest absolute Gasteiger partial charge is 0.334 e. The molecule has 1 aromatic heterocycles. The average molecular weight is 464 g/mol. The fourth-order valence-corrected chi connectivity index (χ4v) is 4.35. The SMILES string of the molecule is COc1cc(C(=O)N2C(c3ccccc3)OCC2(Cn2cccn2)C(=O)O)ccc1C(C)(C)C.